The maximum Gasteiger partial charge on any atom is 0.328 e. The molecule has 2 N–H and O–H groups in total. The summed E-state index contributed by atoms with van der Waals surface area (Å²) in [6.45, 7) is 5.78. The molecule has 1 atom stereocenters. The quantitative estimate of drug-likeness (QED) is 0.667. The fourth-order valence-electron chi connectivity index (χ4n) is 4.04. The molecular formula is C23H32N4O3. The summed E-state index contributed by atoms with van der Waals surface area (Å²) in [7, 11) is 1.31. The van der Waals surface area contributed by atoms with E-state index in [9.17, 15) is 9.59 Å². The zero-order valence-electron chi connectivity index (χ0n) is 18.3. The number of anilines is 1. The van der Waals surface area contributed by atoms with Crippen LogP contribution in [0.4, 0.5) is 5.69 Å². The Balaban J connectivity index is 2.06. The molecule has 0 bridgehead atoms. The highest BCUT2D eigenvalue weighted by Gasteiger charge is 2.27. The van der Waals surface area contributed by atoms with E-state index in [2.05, 4.69) is 29.6 Å². The first-order valence-corrected chi connectivity index (χ1v) is 10.7. The monoisotopic (exact) mass is 412 g/mol. The normalized spacial score (nSPS) is 15.6. The number of methoxy groups -OCH3 is 1. The van der Waals surface area contributed by atoms with Crippen molar-refractivity contribution in [3.8, 4) is 11.3 Å². The van der Waals surface area contributed by atoms with Gasteiger partial charge in [0.25, 0.3) is 5.91 Å². The number of esters is 1. The topological polar surface area (TPSA) is 85.2 Å². The van der Waals surface area contributed by atoms with Crippen molar-refractivity contribution in [2.45, 2.75) is 71.0 Å². The molecule has 1 amide bonds. The largest absolute Gasteiger partial charge is 0.467 e. The molecular weight excluding hydrogens is 380 g/mol. The lowest BCUT2D eigenvalue weighted by atomic mass is 9.94. The van der Waals surface area contributed by atoms with Gasteiger partial charge in [0.2, 0.25) is 0 Å². The van der Waals surface area contributed by atoms with Crippen LogP contribution < -0.4 is 10.6 Å². The minimum atomic E-state index is -0.739. The van der Waals surface area contributed by atoms with E-state index in [1.54, 1.807) is 13.1 Å². The zero-order valence-corrected chi connectivity index (χ0v) is 18.3. The molecule has 162 valence electrons. The molecule has 1 fully saturated rings. The van der Waals surface area contributed by atoms with Crippen molar-refractivity contribution in [1.29, 1.82) is 0 Å². The van der Waals surface area contributed by atoms with Crippen LogP contribution in [-0.2, 0) is 9.53 Å². The van der Waals surface area contributed by atoms with Crippen LogP contribution in [0, 0.1) is 0 Å². The molecule has 7 nitrogen and oxygen atoms in total. The van der Waals surface area contributed by atoms with Gasteiger partial charge >= 0.3 is 5.97 Å². The Morgan fingerprint density at radius 3 is 2.50 bits per heavy atom. The number of carbonyl (C=O) groups excluding carboxylic acids is 2. The van der Waals surface area contributed by atoms with Crippen molar-refractivity contribution in [2.75, 3.05) is 12.4 Å². The lowest BCUT2D eigenvalue weighted by molar-refractivity contribution is -0.142. The summed E-state index contributed by atoms with van der Waals surface area (Å²) < 4.78 is 6.75. The van der Waals surface area contributed by atoms with Gasteiger partial charge in [-0.3, -0.25) is 9.48 Å². The molecule has 2 aromatic rings. The molecule has 30 heavy (non-hydrogen) atoms. The van der Waals surface area contributed by atoms with Crippen LogP contribution in [0.5, 0.6) is 0 Å². The molecule has 7 heteroatoms. The second-order valence-electron chi connectivity index (χ2n) is 8.21. The lowest BCUT2D eigenvalue weighted by Gasteiger charge is -2.25. The number of amides is 1. The van der Waals surface area contributed by atoms with Gasteiger partial charge in [-0.1, -0.05) is 37.5 Å². The summed E-state index contributed by atoms with van der Waals surface area (Å²) in [5.74, 6) is -0.809. The summed E-state index contributed by atoms with van der Waals surface area (Å²) in [6, 6.07) is 7.76. The van der Waals surface area contributed by atoms with Crippen LogP contribution in [0.15, 0.2) is 30.5 Å². The molecule has 1 aromatic carbocycles. The average Bonchev–Trinajstić information content (AvgIpc) is 3.18. The third kappa shape index (κ3) is 4.83. The number of nitrogens with one attached hydrogen (secondary N) is 2. The minimum Gasteiger partial charge on any atom is -0.467 e. The van der Waals surface area contributed by atoms with E-state index in [4.69, 9.17) is 4.74 Å². The Bertz CT molecular complexity index is 884. The molecule has 0 spiro atoms. The molecule has 0 radical (unpaired) electrons. The minimum absolute atomic E-state index is 0.244. The van der Waals surface area contributed by atoms with E-state index in [0.717, 1.165) is 42.6 Å². The second-order valence-corrected chi connectivity index (χ2v) is 8.21. The summed E-state index contributed by atoms with van der Waals surface area (Å²) in [4.78, 5) is 24.9. The third-order valence-electron chi connectivity index (χ3n) is 5.49. The summed E-state index contributed by atoms with van der Waals surface area (Å²) in [5, 5.41) is 10.9. The van der Waals surface area contributed by atoms with Crippen LogP contribution in [-0.4, -0.2) is 40.9 Å². The van der Waals surface area contributed by atoms with E-state index < -0.39 is 12.0 Å². The third-order valence-corrected chi connectivity index (χ3v) is 5.49. The number of ether oxygens (including phenoxy) is 1. The molecule has 1 heterocycles. The van der Waals surface area contributed by atoms with E-state index in [1.165, 1.54) is 13.5 Å². The van der Waals surface area contributed by atoms with Gasteiger partial charge in [0.05, 0.1) is 30.6 Å². The van der Waals surface area contributed by atoms with Gasteiger partial charge in [-0.2, -0.15) is 5.10 Å². The number of carbonyl (C=O) groups is 2. The number of hydrogen-bond acceptors (Lipinski definition) is 5. The van der Waals surface area contributed by atoms with Gasteiger partial charge in [-0.15, -0.1) is 0 Å². The Kier molecular flexibility index (Phi) is 7.13. The van der Waals surface area contributed by atoms with Crippen LogP contribution in [0.1, 0.15) is 69.3 Å². The Labute approximate surface area is 178 Å². The SMILES string of the molecule is COC(=O)[C@H](C)NC(=O)c1cnn(C2CCCCC2)c1-c1ccccc1NC(C)C. The van der Waals surface area contributed by atoms with E-state index >= 15 is 0 Å². The van der Waals surface area contributed by atoms with Gasteiger partial charge < -0.3 is 15.4 Å². The molecule has 1 aliphatic rings. The predicted octanol–water partition coefficient (Wildman–Crippen LogP) is 4.17. The molecule has 1 aromatic heterocycles. The first kappa shape index (κ1) is 21.9. The predicted molar refractivity (Wildman–Crippen MR) is 117 cm³/mol. The van der Waals surface area contributed by atoms with E-state index in [0.29, 0.717) is 5.56 Å². The van der Waals surface area contributed by atoms with E-state index in [-0.39, 0.29) is 18.0 Å². The highest BCUT2D eigenvalue weighted by atomic mass is 16.5. The first-order valence-electron chi connectivity index (χ1n) is 10.7. The van der Waals surface area contributed by atoms with Gasteiger partial charge in [0.1, 0.15) is 6.04 Å². The van der Waals surface area contributed by atoms with Crippen molar-refractivity contribution in [3.05, 3.63) is 36.0 Å². The zero-order chi connectivity index (χ0) is 21.7. The van der Waals surface area contributed by atoms with Crippen LogP contribution in [0.3, 0.4) is 0 Å². The van der Waals surface area contributed by atoms with Crippen LogP contribution in [0.25, 0.3) is 11.3 Å². The highest BCUT2D eigenvalue weighted by Crippen LogP contribution is 2.37. The second kappa shape index (κ2) is 9.78. The molecule has 0 aliphatic heterocycles. The Morgan fingerprint density at radius 2 is 1.83 bits per heavy atom. The highest BCUT2D eigenvalue weighted by molar-refractivity contribution is 6.02. The molecule has 0 unspecified atom stereocenters. The fourth-order valence-corrected chi connectivity index (χ4v) is 4.04. The van der Waals surface area contributed by atoms with Gasteiger partial charge in [0.15, 0.2) is 0 Å². The molecule has 1 saturated carbocycles. The number of benzene rings is 1. The van der Waals surface area contributed by atoms with Crippen molar-refractivity contribution in [1.82, 2.24) is 15.1 Å². The van der Waals surface area contributed by atoms with Crippen molar-refractivity contribution >= 4 is 17.6 Å². The first-order chi connectivity index (χ1) is 14.4. The molecule has 3 rings (SSSR count). The fraction of sp³-hybridized carbons (Fsp3) is 0.522. The summed E-state index contributed by atoms with van der Waals surface area (Å²) in [6.07, 6.45) is 7.29. The van der Waals surface area contributed by atoms with Gasteiger partial charge in [-0.05, 0) is 39.7 Å². The summed E-state index contributed by atoms with van der Waals surface area (Å²) in [5.41, 5.74) is 3.15. The number of aromatic nitrogens is 2. The number of rotatable bonds is 7. The number of nitrogens with zero attached hydrogens (tertiary/aromatic N) is 2. The smallest absolute Gasteiger partial charge is 0.328 e. The maximum atomic E-state index is 13.1. The van der Waals surface area contributed by atoms with Crippen molar-refractivity contribution in [3.63, 3.8) is 0 Å². The van der Waals surface area contributed by atoms with Gasteiger partial charge in [-0.25, -0.2) is 4.79 Å². The van der Waals surface area contributed by atoms with Crippen LogP contribution in [0.2, 0.25) is 0 Å². The van der Waals surface area contributed by atoms with Crippen molar-refractivity contribution in [2.24, 2.45) is 0 Å². The van der Waals surface area contributed by atoms with Gasteiger partial charge in [0, 0.05) is 17.3 Å². The maximum absolute atomic E-state index is 13.1. The summed E-state index contributed by atoms with van der Waals surface area (Å²) >= 11 is 0. The van der Waals surface area contributed by atoms with Crippen molar-refractivity contribution < 1.29 is 14.3 Å². The lowest BCUT2D eigenvalue weighted by Crippen LogP contribution is -2.39. The Hall–Kier alpha value is -2.83. The molecule has 0 saturated heterocycles. The van der Waals surface area contributed by atoms with E-state index in [1.807, 2.05) is 28.9 Å². The standard InChI is InChI=1S/C23H32N4O3/c1-15(2)25-20-13-9-8-12-18(20)21-19(22(28)26-16(3)23(29)30-4)14-24-27(21)17-10-6-5-7-11-17/h8-9,12-17,25H,5-7,10-11H2,1-4H3,(H,26,28)/t16-/m0/s1. The Morgan fingerprint density at radius 1 is 1.13 bits per heavy atom. The number of para-hydroxylation sites is 1. The number of hydrogen-bond donors (Lipinski definition) is 2. The van der Waals surface area contributed by atoms with Crippen LogP contribution >= 0.6 is 0 Å². The molecule has 1 aliphatic carbocycles. The average molecular weight is 413 g/mol.